The second kappa shape index (κ2) is 12.0. The maximum Gasteiger partial charge on any atom is 0.349 e. The van der Waals surface area contributed by atoms with E-state index in [1.807, 2.05) is 0 Å². The molecule has 0 heterocycles. The van der Waals surface area contributed by atoms with Gasteiger partial charge in [0, 0.05) is 17.8 Å². The number of hydrogen-bond acceptors (Lipinski definition) is 8. The molecule has 0 aromatic heterocycles. The van der Waals surface area contributed by atoms with Crippen LogP contribution in [0.2, 0.25) is 10.0 Å². The number of nitro benzene ring substituents is 1. The van der Waals surface area contributed by atoms with E-state index in [4.69, 9.17) is 32.7 Å². The molecule has 3 rings (SSSR count). The van der Waals surface area contributed by atoms with Gasteiger partial charge in [-0.25, -0.2) is 14.4 Å². The van der Waals surface area contributed by atoms with Gasteiger partial charge in [0.25, 0.3) is 11.6 Å². The zero-order chi connectivity index (χ0) is 27.1. The summed E-state index contributed by atoms with van der Waals surface area (Å²) >= 11 is 12.0. The lowest BCUT2D eigenvalue weighted by Gasteiger charge is -2.24. The van der Waals surface area contributed by atoms with E-state index in [9.17, 15) is 34.4 Å². The van der Waals surface area contributed by atoms with Crippen molar-refractivity contribution in [2.45, 2.75) is 12.2 Å². The number of esters is 2. The monoisotopic (exact) mass is 546 g/mol. The van der Waals surface area contributed by atoms with E-state index in [2.05, 4.69) is 5.32 Å². The SMILES string of the molecule is O=C(O[C@H](C(=O)O)[C@@H](OC(=O)c1ccccc1Cl)C(=O)Nc1cccc([N+](=O)[O-])c1)c1ccccc1Cl. The number of carboxylic acid groups (broad SMARTS) is 1. The third-order valence-corrected chi connectivity index (χ3v) is 5.42. The van der Waals surface area contributed by atoms with Crippen molar-refractivity contribution in [1.82, 2.24) is 0 Å². The number of halogens is 2. The normalized spacial score (nSPS) is 12.1. The molecule has 190 valence electrons. The van der Waals surface area contributed by atoms with Gasteiger partial charge in [-0.3, -0.25) is 14.9 Å². The van der Waals surface area contributed by atoms with Crippen LogP contribution in [-0.2, 0) is 19.1 Å². The summed E-state index contributed by atoms with van der Waals surface area (Å²) in [6.07, 6.45) is -4.58. The van der Waals surface area contributed by atoms with Crippen molar-refractivity contribution in [3.8, 4) is 0 Å². The van der Waals surface area contributed by atoms with Gasteiger partial charge in [0.2, 0.25) is 12.2 Å². The van der Waals surface area contributed by atoms with Crippen molar-refractivity contribution in [2.75, 3.05) is 5.32 Å². The van der Waals surface area contributed by atoms with Crippen LogP contribution in [-0.4, -0.2) is 46.1 Å². The molecule has 0 aliphatic heterocycles. The molecule has 0 unspecified atom stereocenters. The Balaban J connectivity index is 1.96. The molecule has 0 saturated heterocycles. The van der Waals surface area contributed by atoms with E-state index >= 15 is 0 Å². The summed E-state index contributed by atoms with van der Waals surface area (Å²) in [5, 5.41) is 23.0. The fraction of sp³-hybridized carbons (Fsp3) is 0.0833. The van der Waals surface area contributed by atoms with Crippen LogP contribution in [0.5, 0.6) is 0 Å². The Morgan fingerprint density at radius 3 is 1.81 bits per heavy atom. The smallest absolute Gasteiger partial charge is 0.349 e. The number of nitro groups is 1. The quantitative estimate of drug-likeness (QED) is 0.225. The molecule has 0 fully saturated rings. The van der Waals surface area contributed by atoms with Gasteiger partial charge in [0.05, 0.1) is 26.1 Å². The second-order valence-electron chi connectivity index (χ2n) is 7.25. The van der Waals surface area contributed by atoms with Crippen LogP contribution in [0.15, 0.2) is 72.8 Å². The lowest BCUT2D eigenvalue weighted by Crippen LogP contribution is -2.48. The molecule has 0 spiro atoms. The molecule has 0 aliphatic rings. The summed E-state index contributed by atoms with van der Waals surface area (Å²) in [6, 6.07) is 15.9. The Morgan fingerprint density at radius 2 is 1.32 bits per heavy atom. The molecule has 3 aromatic carbocycles. The number of nitrogens with zero attached hydrogens (tertiary/aromatic N) is 1. The van der Waals surface area contributed by atoms with Gasteiger partial charge in [-0.15, -0.1) is 0 Å². The number of carbonyl (C=O) groups excluding carboxylic acids is 3. The Bertz CT molecular complexity index is 1380. The molecule has 1 amide bonds. The summed E-state index contributed by atoms with van der Waals surface area (Å²) in [4.78, 5) is 61.0. The number of benzene rings is 3. The molecule has 11 nitrogen and oxygen atoms in total. The van der Waals surface area contributed by atoms with Crippen molar-refractivity contribution in [1.29, 1.82) is 0 Å². The molecular weight excluding hydrogens is 531 g/mol. The van der Waals surface area contributed by atoms with E-state index in [-0.39, 0.29) is 32.5 Å². The first-order chi connectivity index (χ1) is 17.6. The third-order valence-electron chi connectivity index (χ3n) is 4.76. The van der Waals surface area contributed by atoms with Crippen LogP contribution in [0.4, 0.5) is 11.4 Å². The Hall–Kier alpha value is -4.48. The minimum absolute atomic E-state index is 0.0507. The fourth-order valence-corrected chi connectivity index (χ4v) is 3.44. The standard InChI is InChI=1S/C24H16Cl2N2O9/c25-17-10-3-1-8-15(17)23(32)36-19(21(29)27-13-6-5-7-14(12-13)28(34)35)20(22(30)31)37-24(33)16-9-2-4-11-18(16)26/h1-12,19-20H,(H,27,29)(H,30,31)/t19-,20+/m1/s1. The van der Waals surface area contributed by atoms with Crippen molar-refractivity contribution in [3.05, 3.63) is 104 Å². The van der Waals surface area contributed by atoms with Crippen molar-refractivity contribution in [3.63, 3.8) is 0 Å². The number of aliphatic carboxylic acids is 1. The van der Waals surface area contributed by atoms with E-state index in [1.165, 1.54) is 60.7 Å². The largest absolute Gasteiger partial charge is 0.478 e. The molecule has 2 N–H and O–H groups in total. The Labute approximate surface area is 218 Å². The minimum Gasteiger partial charge on any atom is -0.478 e. The maximum absolute atomic E-state index is 13.1. The molecule has 2 atom stereocenters. The highest BCUT2D eigenvalue weighted by atomic mass is 35.5. The highest BCUT2D eigenvalue weighted by Gasteiger charge is 2.41. The lowest BCUT2D eigenvalue weighted by atomic mass is 10.1. The number of carboxylic acids is 1. The van der Waals surface area contributed by atoms with Gasteiger partial charge < -0.3 is 19.9 Å². The molecular formula is C24H16Cl2N2O9. The number of non-ortho nitro benzene ring substituents is 1. The molecule has 37 heavy (non-hydrogen) atoms. The first kappa shape index (κ1) is 27.1. The van der Waals surface area contributed by atoms with E-state index < -0.39 is 40.9 Å². The molecule has 0 bridgehead atoms. The minimum atomic E-state index is -2.34. The van der Waals surface area contributed by atoms with Gasteiger partial charge in [0.1, 0.15) is 0 Å². The molecule has 0 radical (unpaired) electrons. The molecule has 0 saturated carbocycles. The summed E-state index contributed by atoms with van der Waals surface area (Å²) in [7, 11) is 0. The average Bonchev–Trinajstić information content (AvgIpc) is 2.86. The second-order valence-corrected chi connectivity index (χ2v) is 8.06. The van der Waals surface area contributed by atoms with Gasteiger partial charge in [-0.2, -0.15) is 0 Å². The van der Waals surface area contributed by atoms with Crippen LogP contribution in [0.1, 0.15) is 20.7 Å². The number of anilines is 1. The van der Waals surface area contributed by atoms with E-state index in [0.29, 0.717) is 0 Å². The molecule has 0 aliphatic carbocycles. The summed E-state index contributed by atoms with van der Waals surface area (Å²) in [5.74, 6) is -5.48. The van der Waals surface area contributed by atoms with Crippen LogP contribution in [0, 0.1) is 10.1 Å². The zero-order valence-corrected chi connectivity index (χ0v) is 20.0. The van der Waals surface area contributed by atoms with Gasteiger partial charge >= 0.3 is 17.9 Å². The number of amides is 1. The Kier molecular flexibility index (Phi) is 8.77. The van der Waals surface area contributed by atoms with Crippen molar-refractivity contribution < 1.29 is 38.7 Å². The molecule has 13 heteroatoms. The van der Waals surface area contributed by atoms with Crippen molar-refractivity contribution >= 4 is 58.4 Å². The first-order valence-electron chi connectivity index (χ1n) is 10.3. The van der Waals surface area contributed by atoms with Crippen LogP contribution in [0.25, 0.3) is 0 Å². The topological polar surface area (TPSA) is 162 Å². The number of carbonyl (C=O) groups is 4. The lowest BCUT2D eigenvalue weighted by molar-refractivity contribution is -0.384. The maximum atomic E-state index is 13.1. The first-order valence-corrected chi connectivity index (χ1v) is 11.0. The predicted octanol–water partition coefficient (Wildman–Crippen LogP) is 4.38. The molecule has 3 aromatic rings. The van der Waals surface area contributed by atoms with Crippen LogP contribution >= 0.6 is 23.2 Å². The number of hydrogen-bond donors (Lipinski definition) is 2. The third kappa shape index (κ3) is 6.81. The highest BCUT2D eigenvalue weighted by molar-refractivity contribution is 6.34. The summed E-state index contributed by atoms with van der Waals surface area (Å²) < 4.78 is 10.2. The summed E-state index contributed by atoms with van der Waals surface area (Å²) in [6.45, 7) is 0. The number of nitrogens with one attached hydrogen (secondary N) is 1. The zero-order valence-electron chi connectivity index (χ0n) is 18.5. The predicted molar refractivity (Wildman–Crippen MR) is 131 cm³/mol. The van der Waals surface area contributed by atoms with Gasteiger partial charge in [0.15, 0.2) is 0 Å². The van der Waals surface area contributed by atoms with E-state index in [1.54, 1.807) is 0 Å². The van der Waals surface area contributed by atoms with Gasteiger partial charge in [-0.05, 0) is 30.3 Å². The average molecular weight is 547 g/mol. The van der Waals surface area contributed by atoms with Crippen LogP contribution < -0.4 is 5.32 Å². The Morgan fingerprint density at radius 1 is 0.811 bits per heavy atom. The van der Waals surface area contributed by atoms with Crippen LogP contribution in [0.3, 0.4) is 0 Å². The van der Waals surface area contributed by atoms with E-state index in [0.717, 1.165) is 12.1 Å². The summed E-state index contributed by atoms with van der Waals surface area (Å²) in [5.41, 5.74) is -0.883. The fourth-order valence-electron chi connectivity index (χ4n) is 3.02. The van der Waals surface area contributed by atoms with Gasteiger partial charge in [-0.1, -0.05) is 53.5 Å². The number of ether oxygens (including phenoxy) is 2. The highest BCUT2D eigenvalue weighted by Crippen LogP contribution is 2.22. The van der Waals surface area contributed by atoms with Crippen molar-refractivity contribution in [2.24, 2.45) is 0 Å². The number of rotatable bonds is 9.